The first-order valence-electron chi connectivity index (χ1n) is 5.06. The largest absolute Gasteiger partial charge is 0.486 e. The minimum atomic E-state index is -0.492. The fraction of sp³-hybridized carbons (Fsp3) is 0.250. The number of aliphatic hydroxyl groups excluding tert-OH is 1. The van der Waals surface area contributed by atoms with Gasteiger partial charge in [0.25, 0.3) is 0 Å². The molecule has 0 saturated heterocycles. The Bertz CT molecular complexity index is 437. The Morgan fingerprint density at radius 3 is 3.00 bits per heavy atom. The van der Waals surface area contributed by atoms with E-state index in [9.17, 15) is 5.11 Å². The van der Waals surface area contributed by atoms with Gasteiger partial charge in [-0.15, -0.1) is 0 Å². The number of ether oxygens (including phenoxy) is 1. The number of rotatable bonds is 4. The van der Waals surface area contributed by atoms with Crippen molar-refractivity contribution in [2.24, 2.45) is 0 Å². The standard InChI is InChI=1S/C12H13NO3/c1-9(14)10-3-2-4-11(7-10)15-8-12-5-6-13-16-12/h2-7,9,14H,8H2,1H3/t9-/m0/s1. The van der Waals surface area contributed by atoms with Crippen LogP contribution >= 0.6 is 0 Å². The van der Waals surface area contributed by atoms with Gasteiger partial charge in [-0.05, 0) is 24.6 Å². The van der Waals surface area contributed by atoms with Crippen LogP contribution in [0.15, 0.2) is 41.1 Å². The van der Waals surface area contributed by atoms with Crippen molar-refractivity contribution in [3.63, 3.8) is 0 Å². The van der Waals surface area contributed by atoms with Crippen LogP contribution in [0.3, 0.4) is 0 Å². The van der Waals surface area contributed by atoms with Crippen molar-refractivity contribution in [2.45, 2.75) is 19.6 Å². The number of hydrogen-bond acceptors (Lipinski definition) is 4. The first-order valence-corrected chi connectivity index (χ1v) is 5.06. The van der Waals surface area contributed by atoms with Crippen molar-refractivity contribution in [1.29, 1.82) is 0 Å². The summed E-state index contributed by atoms with van der Waals surface area (Å²) in [5, 5.41) is 13.0. The molecule has 4 heteroatoms. The third-order valence-corrected chi connectivity index (χ3v) is 2.21. The molecule has 0 aliphatic heterocycles. The molecule has 1 heterocycles. The summed E-state index contributed by atoms with van der Waals surface area (Å²) in [6.07, 6.45) is 1.08. The first kappa shape index (κ1) is 10.7. The normalized spacial score (nSPS) is 12.4. The fourth-order valence-corrected chi connectivity index (χ4v) is 1.34. The van der Waals surface area contributed by atoms with Crippen molar-refractivity contribution in [1.82, 2.24) is 5.16 Å². The van der Waals surface area contributed by atoms with Crippen LogP contribution in [0.25, 0.3) is 0 Å². The number of aliphatic hydroxyl groups is 1. The molecule has 1 aromatic carbocycles. The molecule has 2 aromatic rings. The second-order valence-electron chi connectivity index (χ2n) is 3.52. The average Bonchev–Trinajstić information content (AvgIpc) is 2.79. The average molecular weight is 219 g/mol. The highest BCUT2D eigenvalue weighted by Gasteiger charge is 2.03. The van der Waals surface area contributed by atoms with E-state index in [-0.39, 0.29) is 0 Å². The molecular formula is C12H13NO3. The third-order valence-electron chi connectivity index (χ3n) is 2.21. The maximum Gasteiger partial charge on any atom is 0.174 e. The van der Waals surface area contributed by atoms with Crippen molar-refractivity contribution < 1.29 is 14.4 Å². The van der Waals surface area contributed by atoms with Gasteiger partial charge in [-0.2, -0.15) is 0 Å². The summed E-state index contributed by atoms with van der Waals surface area (Å²) in [5.41, 5.74) is 0.829. The zero-order chi connectivity index (χ0) is 11.4. The summed E-state index contributed by atoms with van der Waals surface area (Å²) in [7, 11) is 0. The molecule has 4 nitrogen and oxygen atoms in total. The van der Waals surface area contributed by atoms with E-state index in [1.165, 1.54) is 0 Å². The van der Waals surface area contributed by atoms with Crippen LogP contribution in [-0.2, 0) is 6.61 Å². The lowest BCUT2D eigenvalue weighted by Gasteiger charge is -2.08. The van der Waals surface area contributed by atoms with Gasteiger partial charge in [-0.3, -0.25) is 0 Å². The fourth-order valence-electron chi connectivity index (χ4n) is 1.34. The molecule has 16 heavy (non-hydrogen) atoms. The van der Waals surface area contributed by atoms with E-state index < -0.39 is 6.10 Å². The Kier molecular flexibility index (Phi) is 3.22. The summed E-state index contributed by atoms with van der Waals surface area (Å²) in [4.78, 5) is 0. The number of benzene rings is 1. The van der Waals surface area contributed by atoms with Gasteiger partial charge in [-0.1, -0.05) is 17.3 Å². The SMILES string of the molecule is C[C@H](O)c1cccc(OCc2ccno2)c1. The van der Waals surface area contributed by atoms with Gasteiger partial charge in [-0.25, -0.2) is 0 Å². The molecular weight excluding hydrogens is 206 g/mol. The maximum atomic E-state index is 9.42. The molecule has 0 aliphatic rings. The highest BCUT2D eigenvalue weighted by Crippen LogP contribution is 2.19. The maximum absolute atomic E-state index is 9.42. The molecule has 0 aliphatic carbocycles. The van der Waals surface area contributed by atoms with Gasteiger partial charge in [0.2, 0.25) is 0 Å². The molecule has 0 amide bonds. The Hall–Kier alpha value is -1.81. The molecule has 1 aromatic heterocycles. The number of hydrogen-bond donors (Lipinski definition) is 1. The van der Waals surface area contributed by atoms with E-state index in [2.05, 4.69) is 5.16 Å². The van der Waals surface area contributed by atoms with E-state index in [1.54, 1.807) is 25.3 Å². The van der Waals surface area contributed by atoms with E-state index in [1.807, 2.05) is 18.2 Å². The summed E-state index contributed by atoms with van der Waals surface area (Å²) < 4.78 is 10.4. The molecule has 1 N–H and O–H groups in total. The van der Waals surface area contributed by atoms with Gasteiger partial charge < -0.3 is 14.4 Å². The second-order valence-corrected chi connectivity index (χ2v) is 3.52. The van der Waals surface area contributed by atoms with Crippen LogP contribution in [0.4, 0.5) is 0 Å². The topological polar surface area (TPSA) is 55.5 Å². The molecule has 84 valence electrons. The first-order chi connectivity index (χ1) is 7.75. The monoisotopic (exact) mass is 219 g/mol. The zero-order valence-electron chi connectivity index (χ0n) is 8.96. The van der Waals surface area contributed by atoms with Crippen molar-refractivity contribution in [3.8, 4) is 5.75 Å². The van der Waals surface area contributed by atoms with E-state index in [0.717, 1.165) is 5.56 Å². The zero-order valence-corrected chi connectivity index (χ0v) is 8.96. The molecule has 2 rings (SSSR count). The Morgan fingerprint density at radius 2 is 2.31 bits per heavy atom. The lowest BCUT2D eigenvalue weighted by molar-refractivity contribution is 0.198. The molecule has 0 saturated carbocycles. The minimum absolute atomic E-state index is 0.337. The van der Waals surface area contributed by atoms with Crippen molar-refractivity contribution >= 4 is 0 Å². The van der Waals surface area contributed by atoms with Gasteiger partial charge >= 0.3 is 0 Å². The van der Waals surface area contributed by atoms with Crippen LogP contribution in [0.5, 0.6) is 5.75 Å². The second kappa shape index (κ2) is 4.81. The van der Waals surface area contributed by atoms with Crippen LogP contribution in [0.2, 0.25) is 0 Å². The molecule has 0 spiro atoms. The van der Waals surface area contributed by atoms with Crippen molar-refractivity contribution in [2.75, 3.05) is 0 Å². The van der Waals surface area contributed by atoms with E-state index in [4.69, 9.17) is 9.26 Å². The van der Waals surface area contributed by atoms with Gasteiger partial charge in [0, 0.05) is 6.07 Å². The predicted octanol–water partition coefficient (Wildman–Crippen LogP) is 2.31. The predicted molar refractivity (Wildman–Crippen MR) is 57.9 cm³/mol. The summed E-state index contributed by atoms with van der Waals surface area (Å²) in [6, 6.07) is 9.09. The minimum Gasteiger partial charge on any atom is -0.486 e. The molecule has 0 bridgehead atoms. The van der Waals surface area contributed by atoms with Gasteiger partial charge in [0.1, 0.15) is 12.4 Å². The lowest BCUT2D eigenvalue weighted by Crippen LogP contribution is -1.96. The smallest absolute Gasteiger partial charge is 0.174 e. The Labute approximate surface area is 93.5 Å². The quantitative estimate of drug-likeness (QED) is 0.857. The van der Waals surface area contributed by atoms with Crippen molar-refractivity contribution in [3.05, 3.63) is 47.9 Å². The van der Waals surface area contributed by atoms with Crippen LogP contribution in [0, 0.1) is 0 Å². The highest BCUT2D eigenvalue weighted by molar-refractivity contribution is 5.29. The summed E-state index contributed by atoms with van der Waals surface area (Å²) >= 11 is 0. The summed E-state index contributed by atoms with van der Waals surface area (Å²) in [6.45, 7) is 2.05. The highest BCUT2D eigenvalue weighted by atomic mass is 16.5. The number of aromatic nitrogens is 1. The van der Waals surface area contributed by atoms with Crippen LogP contribution < -0.4 is 4.74 Å². The third kappa shape index (κ3) is 2.61. The summed E-state index contributed by atoms with van der Waals surface area (Å²) in [5.74, 6) is 1.37. The van der Waals surface area contributed by atoms with Gasteiger partial charge in [0.15, 0.2) is 5.76 Å². The molecule has 0 unspecified atom stereocenters. The molecule has 0 radical (unpaired) electrons. The molecule has 1 atom stereocenters. The van der Waals surface area contributed by atoms with Gasteiger partial charge in [0.05, 0.1) is 12.3 Å². The molecule has 0 fully saturated rings. The Balaban J connectivity index is 2.01. The van der Waals surface area contributed by atoms with E-state index >= 15 is 0 Å². The Morgan fingerprint density at radius 1 is 1.44 bits per heavy atom. The number of nitrogens with zero attached hydrogens (tertiary/aromatic N) is 1. The van der Waals surface area contributed by atoms with Crippen LogP contribution in [0.1, 0.15) is 24.4 Å². The lowest BCUT2D eigenvalue weighted by atomic mass is 10.1. The van der Waals surface area contributed by atoms with Crippen LogP contribution in [-0.4, -0.2) is 10.3 Å². The van der Waals surface area contributed by atoms with E-state index in [0.29, 0.717) is 18.1 Å².